The first-order valence-corrected chi connectivity index (χ1v) is 9.27. The molecule has 0 radical (unpaired) electrons. The summed E-state index contributed by atoms with van der Waals surface area (Å²) in [4.78, 5) is 2.26. The van der Waals surface area contributed by atoms with E-state index in [4.69, 9.17) is 16.7 Å². The molecule has 0 spiro atoms. The molecule has 3 heterocycles. The Hall–Kier alpha value is -1.63. The Morgan fingerprint density at radius 1 is 1.17 bits per heavy atom. The minimum atomic E-state index is -3.59. The van der Waals surface area contributed by atoms with Crippen LogP contribution in [0.1, 0.15) is 11.5 Å². The van der Waals surface area contributed by atoms with Gasteiger partial charge in [-0.1, -0.05) is 5.16 Å². The summed E-state index contributed by atoms with van der Waals surface area (Å²) in [5.74, 6) is 0.320. The van der Waals surface area contributed by atoms with Crippen LogP contribution >= 0.6 is 12.2 Å². The number of hydrogen-bond donors (Lipinski definition) is 0. The number of piperazine rings is 1. The van der Waals surface area contributed by atoms with E-state index < -0.39 is 10.0 Å². The summed E-state index contributed by atoms with van der Waals surface area (Å²) in [6.07, 6.45) is 0. The van der Waals surface area contributed by atoms with Crippen LogP contribution in [0.3, 0.4) is 0 Å². The van der Waals surface area contributed by atoms with E-state index in [1.165, 1.54) is 8.99 Å². The van der Waals surface area contributed by atoms with Crippen molar-refractivity contribution in [2.75, 3.05) is 26.2 Å². The number of aryl methyl sites for hydroxylation is 3. The molecule has 2 aromatic heterocycles. The molecule has 3 rings (SSSR count). The molecule has 0 aliphatic carbocycles. The Labute approximate surface area is 144 Å². The van der Waals surface area contributed by atoms with Crippen molar-refractivity contribution in [1.29, 1.82) is 0 Å². The molecular weight excluding hydrogens is 354 g/mol. The van der Waals surface area contributed by atoms with Crippen LogP contribution in [0.4, 0.5) is 0 Å². The maximum Gasteiger partial charge on any atom is 0.248 e. The quantitative estimate of drug-likeness (QED) is 0.686. The summed E-state index contributed by atoms with van der Waals surface area (Å²) < 4.78 is 35.7. The van der Waals surface area contributed by atoms with Crippen molar-refractivity contribution < 1.29 is 12.9 Å². The van der Waals surface area contributed by atoms with E-state index in [1.807, 2.05) is 0 Å². The first-order chi connectivity index (χ1) is 11.3. The molecule has 2 aromatic rings. The monoisotopic (exact) mass is 373 g/mol. The third-order valence-electron chi connectivity index (χ3n) is 4.01. The molecule has 0 amide bonds. The second kappa shape index (κ2) is 6.35. The zero-order valence-corrected chi connectivity index (χ0v) is 15.3. The Kier molecular flexibility index (Phi) is 4.55. The van der Waals surface area contributed by atoms with Gasteiger partial charge in [0.2, 0.25) is 14.8 Å². The second-order valence-corrected chi connectivity index (χ2v) is 7.94. The van der Waals surface area contributed by atoms with Crippen LogP contribution in [-0.2, 0) is 23.7 Å². The molecule has 0 atom stereocenters. The van der Waals surface area contributed by atoms with E-state index in [-0.39, 0.29) is 4.90 Å². The largest absolute Gasteiger partial charge is 0.360 e. The molecule has 0 aromatic carbocycles. The fourth-order valence-corrected chi connectivity index (χ4v) is 4.56. The maximum atomic E-state index is 12.8. The lowest BCUT2D eigenvalue weighted by molar-refractivity contribution is 0.143. The van der Waals surface area contributed by atoms with Gasteiger partial charge in [-0.3, -0.25) is 4.90 Å². The molecule has 0 N–H and O–H groups in total. The van der Waals surface area contributed by atoms with E-state index in [1.54, 1.807) is 25.6 Å². The summed E-state index contributed by atoms with van der Waals surface area (Å²) >= 11 is 5.21. The van der Waals surface area contributed by atoms with Gasteiger partial charge in [-0.05, 0) is 36.5 Å². The molecule has 0 saturated carbocycles. The van der Waals surface area contributed by atoms with Crippen molar-refractivity contribution in [2.24, 2.45) is 7.05 Å². The van der Waals surface area contributed by atoms with Crippen LogP contribution in [0.25, 0.3) is 0 Å². The minimum absolute atomic E-state index is 0.173. The topological polar surface area (TPSA) is 102 Å². The van der Waals surface area contributed by atoms with Crippen LogP contribution in [0.2, 0.25) is 0 Å². The number of hydrogen-bond acceptors (Lipinski definition) is 8. The zero-order chi connectivity index (χ0) is 17.5. The molecule has 10 nitrogen and oxygen atoms in total. The predicted molar refractivity (Wildman–Crippen MR) is 86.1 cm³/mol. The van der Waals surface area contributed by atoms with Crippen molar-refractivity contribution in [2.45, 2.75) is 25.4 Å². The summed E-state index contributed by atoms with van der Waals surface area (Å²) in [6.45, 7) is 5.68. The van der Waals surface area contributed by atoms with Crippen molar-refractivity contribution >= 4 is 22.2 Å². The van der Waals surface area contributed by atoms with Gasteiger partial charge in [0, 0.05) is 33.2 Å². The molecule has 1 saturated heterocycles. The fraction of sp³-hybridized carbons (Fsp3) is 0.667. The molecule has 132 valence electrons. The van der Waals surface area contributed by atoms with Crippen LogP contribution in [0.5, 0.6) is 0 Å². The van der Waals surface area contributed by atoms with Gasteiger partial charge in [0.1, 0.15) is 10.6 Å². The van der Waals surface area contributed by atoms with Crippen LogP contribution < -0.4 is 0 Å². The van der Waals surface area contributed by atoms with Crippen LogP contribution in [0, 0.1) is 18.6 Å². The van der Waals surface area contributed by atoms with Gasteiger partial charge in [-0.15, -0.1) is 0 Å². The molecule has 1 aliphatic heterocycles. The van der Waals surface area contributed by atoms with E-state index >= 15 is 0 Å². The van der Waals surface area contributed by atoms with Crippen LogP contribution in [0.15, 0.2) is 9.42 Å². The van der Waals surface area contributed by atoms with E-state index in [0.29, 0.717) is 49.1 Å². The van der Waals surface area contributed by atoms with Crippen molar-refractivity contribution in [1.82, 2.24) is 34.2 Å². The highest BCUT2D eigenvalue weighted by Crippen LogP contribution is 2.24. The lowest BCUT2D eigenvalue weighted by atomic mass is 10.4. The van der Waals surface area contributed by atoms with Gasteiger partial charge < -0.3 is 4.52 Å². The molecular formula is C12H19N7O3S2. The average molecular weight is 373 g/mol. The normalized spacial score (nSPS) is 17.5. The van der Waals surface area contributed by atoms with Gasteiger partial charge in [0.15, 0.2) is 5.76 Å². The minimum Gasteiger partial charge on any atom is -0.360 e. The standard InChI is InChI=1S/C12H19N7O3S2/c1-9-11(10(2)22-13-9)24(20,21)18-6-4-17(5-7-18)8-19-12(23)16(3)14-15-19/h4-8H2,1-3H3. The lowest BCUT2D eigenvalue weighted by Gasteiger charge is -2.33. The maximum absolute atomic E-state index is 12.8. The average Bonchev–Trinajstić information content (AvgIpc) is 3.04. The Balaban J connectivity index is 1.69. The predicted octanol–water partition coefficient (Wildman–Crippen LogP) is -0.0851. The zero-order valence-electron chi connectivity index (χ0n) is 13.7. The SMILES string of the molecule is Cc1noc(C)c1S(=O)(=O)N1CCN(Cn2nnn(C)c2=S)CC1. The second-order valence-electron chi connectivity index (χ2n) is 5.70. The summed E-state index contributed by atoms with van der Waals surface area (Å²) in [5.41, 5.74) is 0.390. The highest BCUT2D eigenvalue weighted by Gasteiger charge is 2.33. The van der Waals surface area contributed by atoms with Crippen molar-refractivity contribution in [3.8, 4) is 0 Å². The highest BCUT2D eigenvalue weighted by molar-refractivity contribution is 7.89. The van der Waals surface area contributed by atoms with Gasteiger partial charge in [-0.2, -0.15) is 4.31 Å². The van der Waals surface area contributed by atoms with Gasteiger partial charge in [0.05, 0.1) is 6.67 Å². The third-order valence-corrected chi connectivity index (χ3v) is 6.63. The lowest BCUT2D eigenvalue weighted by Crippen LogP contribution is -2.49. The van der Waals surface area contributed by atoms with E-state index in [2.05, 4.69) is 20.5 Å². The van der Waals surface area contributed by atoms with Crippen molar-refractivity contribution in [3.05, 3.63) is 16.2 Å². The Morgan fingerprint density at radius 2 is 1.83 bits per heavy atom. The third kappa shape index (κ3) is 3.01. The van der Waals surface area contributed by atoms with Crippen LogP contribution in [-0.4, -0.2) is 68.7 Å². The van der Waals surface area contributed by atoms with E-state index in [9.17, 15) is 8.42 Å². The molecule has 1 fully saturated rings. The number of sulfonamides is 1. The number of tetrazole rings is 1. The number of rotatable bonds is 4. The molecule has 0 unspecified atom stereocenters. The van der Waals surface area contributed by atoms with Crippen molar-refractivity contribution in [3.63, 3.8) is 0 Å². The summed E-state index contributed by atoms with van der Waals surface area (Å²) in [6, 6.07) is 0. The Bertz CT molecular complexity index is 871. The molecule has 0 bridgehead atoms. The first-order valence-electron chi connectivity index (χ1n) is 7.43. The summed E-state index contributed by atoms with van der Waals surface area (Å²) in [7, 11) is -1.85. The molecule has 12 heteroatoms. The van der Waals surface area contributed by atoms with Gasteiger partial charge in [-0.25, -0.2) is 17.8 Å². The highest BCUT2D eigenvalue weighted by atomic mass is 32.2. The molecule has 1 aliphatic rings. The van der Waals surface area contributed by atoms with Gasteiger partial charge >= 0.3 is 0 Å². The Morgan fingerprint density at radius 3 is 2.33 bits per heavy atom. The summed E-state index contributed by atoms with van der Waals surface area (Å²) in [5, 5.41) is 11.6. The first kappa shape index (κ1) is 17.2. The van der Waals surface area contributed by atoms with E-state index in [0.717, 1.165) is 0 Å². The number of aromatic nitrogens is 5. The van der Waals surface area contributed by atoms with Gasteiger partial charge in [0.25, 0.3) is 0 Å². The number of nitrogens with zero attached hydrogens (tertiary/aromatic N) is 7. The molecule has 24 heavy (non-hydrogen) atoms. The fourth-order valence-electron chi connectivity index (χ4n) is 2.71. The smallest absolute Gasteiger partial charge is 0.248 e.